The Morgan fingerprint density at radius 2 is 1.68 bits per heavy atom. The van der Waals surface area contributed by atoms with Crippen molar-refractivity contribution in [2.24, 2.45) is 29.6 Å². The molecule has 0 radical (unpaired) electrons. The summed E-state index contributed by atoms with van der Waals surface area (Å²) in [5, 5.41) is 3.72. The van der Waals surface area contributed by atoms with Crippen molar-refractivity contribution in [3.8, 4) is 5.75 Å². The van der Waals surface area contributed by atoms with Gasteiger partial charge in [-0.3, -0.25) is 4.98 Å². The molecule has 4 aliphatic carbocycles. The second-order valence-electron chi connectivity index (χ2n) is 9.29. The minimum Gasteiger partial charge on any atom is -0.423 e. The highest BCUT2D eigenvalue weighted by atomic mass is 35.5. The highest BCUT2D eigenvalue weighted by molar-refractivity contribution is 5.90. The molecule has 1 aromatic carbocycles. The van der Waals surface area contributed by atoms with E-state index in [0.717, 1.165) is 54.7 Å². The molecule has 4 nitrogen and oxygen atoms in total. The Hall–Kier alpha value is -1.62. The topological polar surface area (TPSA) is 51.2 Å². The average Bonchev–Trinajstić information content (AvgIpc) is 2.74. The molecule has 4 bridgehead atoms. The standard InChI is InChI=1S/C25H30N2O2.2ClH/c28-25(20-5-3-8-26-15-20)29-24-6-2-1-4-19(24)7-9-27-16-23-21-11-17-10-18(13-21)14-22(23)12-17;;/h1-6,8,15,17-18,21-23,27H,7,9-14,16H2;2*1H. The van der Waals surface area contributed by atoms with Crippen molar-refractivity contribution < 1.29 is 9.53 Å². The number of hydrogen-bond donors (Lipinski definition) is 1. The van der Waals surface area contributed by atoms with Crippen LogP contribution in [0.1, 0.15) is 48.0 Å². The summed E-state index contributed by atoms with van der Waals surface area (Å²) in [5.74, 6) is 5.18. The van der Waals surface area contributed by atoms with E-state index in [1.807, 2.05) is 18.2 Å². The van der Waals surface area contributed by atoms with E-state index in [-0.39, 0.29) is 30.8 Å². The molecule has 4 saturated carbocycles. The molecular weight excluding hydrogens is 431 g/mol. The van der Waals surface area contributed by atoms with Crippen molar-refractivity contribution in [3.05, 3.63) is 59.9 Å². The van der Waals surface area contributed by atoms with Gasteiger partial charge in [0.1, 0.15) is 5.75 Å². The van der Waals surface area contributed by atoms with Crippen LogP contribution in [0.3, 0.4) is 0 Å². The maximum Gasteiger partial charge on any atom is 0.345 e. The van der Waals surface area contributed by atoms with Crippen LogP contribution in [0.4, 0.5) is 0 Å². The predicted octanol–water partition coefficient (Wildman–Crippen LogP) is 5.35. The second-order valence-corrected chi connectivity index (χ2v) is 9.29. The van der Waals surface area contributed by atoms with E-state index >= 15 is 0 Å². The van der Waals surface area contributed by atoms with Gasteiger partial charge in [-0.25, -0.2) is 4.79 Å². The number of hydrogen-bond acceptors (Lipinski definition) is 4. The Kier molecular flexibility index (Phi) is 8.37. The van der Waals surface area contributed by atoms with Crippen molar-refractivity contribution in [2.75, 3.05) is 13.1 Å². The lowest BCUT2D eigenvalue weighted by Gasteiger charge is -2.54. The number of pyridine rings is 1. The Balaban J connectivity index is 0.00000136. The average molecular weight is 463 g/mol. The molecule has 0 aliphatic heterocycles. The lowest BCUT2D eigenvalue weighted by atomic mass is 9.52. The quantitative estimate of drug-likeness (QED) is 0.342. The van der Waals surface area contributed by atoms with Gasteiger partial charge in [-0.15, -0.1) is 24.8 Å². The van der Waals surface area contributed by atoms with E-state index in [4.69, 9.17) is 4.74 Å². The summed E-state index contributed by atoms with van der Waals surface area (Å²) in [6, 6.07) is 11.3. The predicted molar refractivity (Wildman–Crippen MR) is 127 cm³/mol. The summed E-state index contributed by atoms with van der Waals surface area (Å²) >= 11 is 0. The fourth-order valence-corrected chi connectivity index (χ4v) is 6.32. The Labute approximate surface area is 197 Å². The van der Waals surface area contributed by atoms with Gasteiger partial charge in [0, 0.05) is 12.4 Å². The van der Waals surface area contributed by atoms with Crippen molar-refractivity contribution in [1.82, 2.24) is 10.3 Å². The van der Waals surface area contributed by atoms with E-state index in [1.165, 1.54) is 38.3 Å². The van der Waals surface area contributed by atoms with Gasteiger partial charge in [0.2, 0.25) is 0 Å². The van der Waals surface area contributed by atoms with E-state index in [0.29, 0.717) is 11.3 Å². The van der Waals surface area contributed by atoms with Gasteiger partial charge in [0.15, 0.2) is 0 Å². The molecule has 0 saturated heterocycles. The number of nitrogens with zero attached hydrogens (tertiary/aromatic N) is 1. The number of ether oxygens (including phenoxy) is 1. The van der Waals surface area contributed by atoms with Gasteiger partial charge in [-0.1, -0.05) is 18.2 Å². The first-order chi connectivity index (χ1) is 14.3. The lowest BCUT2D eigenvalue weighted by molar-refractivity contribution is -0.0353. The normalized spacial score (nSPS) is 27.8. The van der Waals surface area contributed by atoms with Gasteiger partial charge >= 0.3 is 5.97 Å². The van der Waals surface area contributed by atoms with E-state index in [9.17, 15) is 4.79 Å². The smallest absolute Gasteiger partial charge is 0.345 e. The third-order valence-corrected chi connectivity index (χ3v) is 7.45. The zero-order valence-electron chi connectivity index (χ0n) is 17.7. The Bertz CT molecular complexity index is 834. The molecule has 6 heteroatoms. The number of aromatic nitrogens is 1. The van der Waals surface area contributed by atoms with E-state index in [1.54, 1.807) is 18.3 Å². The molecule has 0 amide bonds. The third-order valence-electron chi connectivity index (χ3n) is 7.45. The van der Waals surface area contributed by atoms with Crippen LogP contribution in [0.5, 0.6) is 5.75 Å². The number of para-hydroxylation sites is 1. The van der Waals surface area contributed by atoms with Crippen molar-refractivity contribution in [1.29, 1.82) is 0 Å². The van der Waals surface area contributed by atoms with E-state index in [2.05, 4.69) is 16.4 Å². The minimum atomic E-state index is -0.355. The molecule has 31 heavy (non-hydrogen) atoms. The first kappa shape index (κ1) is 24.0. The summed E-state index contributed by atoms with van der Waals surface area (Å²) in [6.45, 7) is 2.07. The Morgan fingerprint density at radius 1 is 0.968 bits per heavy atom. The van der Waals surface area contributed by atoms with Gasteiger partial charge in [0.05, 0.1) is 5.56 Å². The van der Waals surface area contributed by atoms with E-state index < -0.39 is 0 Å². The molecule has 2 aromatic rings. The largest absolute Gasteiger partial charge is 0.423 e. The van der Waals surface area contributed by atoms with Crippen molar-refractivity contribution in [2.45, 2.75) is 38.5 Å². The van der Waals surface area contributed by atoms with Crippen molar-refractivity contribution >= 4 is 30.8 Å². The van der Waals surface area contributed by atoms with Gasteiger partial charge < -0.3 is 10.1 Å². The second kappa shape index (κ2) is 10.8. The van der Waals surface area contributed by atoms with Crippen LogP contribution in [-0.2, 0) is 6.42 Å². The SMILES string of the molecule is Cl.Cl.O=C(Oc1ccccc1CCNCC1C2CC3CC(C2)CC1C3)c1cccnc1. The van der Waals surface area contributed by atoms with Crippen LogP contribution in [0.25, 0.3) is 0 Å². The number of nitrogens with one attached hydrogen (secondary N) is 1. The Morgan fingerprint density at radius 3 is 2.35 bits per heavy atom. The summed E-state index contributed by atoms with van der Waals surface area (Å²) in [7, 11) is 0. The molecule has 168 valence electrons. The molecule has 1 aromatic heterocycles. The molecule has 1 N–H and O–H groups in total. The molecule has 6 rings (SSSR count). The van der Waals surface area contributed by atoms with Crippen molar-refractivity contribution in [3.63, 3.8) is 0 Å². The van der Waals surface area contributed by atoms with Crippen LogP contribution in [0.15, 0.2) is 48.8 Å². The fraction of sp³-hybridized carbons (Fsp3) is 0.520. The third kappa shape index (κ3) is 5.42. The number of rotatable bonds is 7. The molecule has 0 spiro atoms. The molecule has 1 heterocycles. The van der Waals surface area contributed by atoms with Crippen LogP contribution < -0.4 is 10.1 Å². The number of halogens is 2. The molecule has 0 unspecified atom stereocenters. The number of benzene rings is 1. The zero-order chi connectivity index (χ0) is 19.6. The summed E-state index contributed by atoms with van der Waals surface area (Å²) in [5.41, 5.74) is 1.55. The molecule has 4 fully saturated rings. The summed E-state index contributed by atoms with van der Waals surface area (Å²) < 4.78 is 5.65. The maximum atomic E-state index is 12.4. The highest BCUT2D eigenvalue weighted by Gasteiger charge is 2.47. The first-order valence-electron chi connectivity index (χ1n) is 11.2. The lowest BCUT2D eigenvalue weighted by Crippen LogP contribution is -2.48. The molecule has 0 atom stereocenters. The van der Waals surface area contributed by atoms with Crippen LogP contribution in [0.2, 0.25) is 0 Å². The monoisotopic (exact) mass is 462 g/mol. The van der Waals surface area contributed by atoms with Crippen LogP contribution in [-0.4, -0.2) is 24.0 Å². The number of carbonyl (C=O) groups excluding carboxylic acids is 1. The summed E-state index contributed by atoms with van der Waals surface area (Å²) in [6.07, 6.45) is 11.5. The van der Waals surface area contributed by atoms with Crippen LogP contribution in [0, 0.1) is 29.6 Å². The zero-order valence-corrected chi connectivity index (χ0v) is 19.4. The first-order valence-corrected chi connectivity index (χ1v) is 11.2. The number of carbonyl (C=O) groups is 1. The van der Waals surface area contributed by atoms with Gasteiger partial charge in [-0.2, -0.15) is 0 Å². The number of esters is 1. The minimum absolute atomic E-state index is 0. The maximum absolute atomic E-state index is 12.4. The van der Waals surface area contributed by atoms with Gasteiger partial charge in [-0.05, 0) is 105 Å². The highest BCUT2D eigenvalue weighted by Crippen LogP contribution is 2.56. The fourth-order valence-electron chi connectivity index (χ4n) is 6.32. The van der Waals surface area contributed by atoms with Gasteiger partial charge in [0.25, 0.3) is 0 Å². The van der Waals surface area contributed by atoms with Crippen LogP contribution >= 0.6 is 24.8 Å². The molecular formula is C25H32Cl2N2O2. The molecule has 4 aliphatic rings. The summed E-state index contributed by atoms with van der Waals surface area (Å²) in [4.78, 5) is 16.4.